The number of hydrogen-bond donors (Lipinski definition) is 2. The molecule has 0 fully saturated rings. The summed E-state index contributed by atoms with van der Waals surface area (Å²) in [4.78, 5) is 11.3. The van der Waals surface area contributed by atoms with Gasteiger partial charge in [0.15, 0.2) is 6.61 Å². The molecule has 1 amide bonds. The summed E-state index contributed by atoms with van der Waals surface area (Å²) in [5.41, 5.74) is 1.93. The number of carbonyl (C=O) groups excluding carboxylic acids is 1. The van der Waals surface area contributed by atoms with E-state index in [2.05, 4.69) is 21.2 Å². The molecule has 2 N–H and O–H groups in total. The predicted octanol–water partition coefficient (Wildman–Crippen LogP) is 3.52. The summed E-state index contributed by atoms with van der Waals surface area (Å²) in [5, 5.41) is 13.8. The molecule has 0 radical (unpaired) electrons. The number of amides is 1. The van der Waals surface area contributed by atoms with Gasteiger partial charge in [-0.1, -0.05) is 23.7 Å². The number of nitrogens with one attached hydrogen (secondary N) is 1. The minimum atomic E-state index is -0.817. The second kappa shape index (κ2) is 5.67. The third-order valence-corrected chi connectivity index (χ3v) is 4.43. The molecule has 0 bridgehead atoms. The normalized spacial score (nSPS) is 14.9. The van der Waals surface area contributed by atoms with E-state index in [9.17, 15) is 9.90 Å². The maximum Gasteiger partial charge on any atom is 0.262 e. The van der Waals surface area contributed by atoms with E-state index in [1.165, 1.54) is 0 Å². The molecule has 6 heteroatoms. The Kier molecular flexibility index (Phi) is 3.89. The number of aliphatic hydroxyl groups is 1. The van der Waals surface area contributed by atoms with Crippen LogP contribution >= 0.6 is 27.5 Å². The van der Waals surface area contributed by atoms with E-state index >= 15 is 0 Å². The van der Waals surface area contributed by atoms with E-state index < -0.39 is 6.10 Å². The first-order chi connectivity index (χ1) is 10.0. The van der Waals surface area contributed by atoms with Gasteiger partial charge in [0.25, 0.3) is 5.91 Å². The number of carbonyl (C=O) groups is 1. The van der Waals surface area contributed by atoms with E-state index in [0.717, 1.165) is 4.47 Å². The number of anilines is 1. The number of ether oxygens (including phenoxy) is 1. The van der Waals surface area contributed by atoms with E-state index in [1.54, 1.807) is 36.4 Å². The van der Waals surface area contributed by atoms with Crippen molar-refractivity contribution >= 4 is 39.1 Å². The number of aliphatic hydroxyl groups excluding tert-OH is 1. The van der Waals surface area contributed by atoms with Crippen molar-refractivity contribution in [2.45, 2.75) is 6.10 Å². The number of rotatable bonds is 2. The molecule has 0 saturated heterocycles. The molecule has 0 spiro atoms. The zero-order valence-corrected chi connectivity index (χ0v) is 13.1. The lowest BCUT2D eigenvalue weighted by molar-refractivity contribution is -0.118. The van der Waals surface area contributed by atoms with Crippen molar-refractivity contribution in [1.82, 2.24) is 0 Å². The minimum absolute atomic E-state index is 0.0129. The highest BCUT2D eigenvalue weighted by molar-refractivity contribution is 9.10. The van der Waals surface area contributed by atoms with Crippen LogP contribution in [-0.4, -0.2) is 17.6 Å². The molecule has 1 unspecified atom stereocenters. The highest BCUT2D eigenvalue weighted by atomic mass is 79.9. The number of hydrogen-bond acceptors (Lipinski definition) is 3. The molecule has 3 rings (SSSR count). The van der Waals surface area contributed by atoms with Crippen LogP contribution in [0.3, 0.4) is 0 Å². The zero-order chi connectivity index (χ0) is 15.0. The quantitative estimate of drug-likeness (QED) is 0.853. The smallest absolute Gasteiger partial charge is 0.262 e. The van der Waals surface area contributed by atoms with Crippen LogP contribution in [0.15, 0.2) is 40.9 Å². The monoisotopic (exact) mass is 367 g/mol. The average molecular weight is 369 g/mol. The Bertz CT molecular complexity index is 720. The summed E-state index contributed by atoms with van der Waals surface area (Å²) in [6.45, 7) is 0.0129. The van der Waals surface area contributed by atoms with Gasteiger partial charge in [-0.2, -0.15) is 0 Å². The van der Waals surface area contributed by atoms with Gasteiger partial charge in [0.2, 0.25) is 0 Å². The lowest BCUT2D eigenvalue weighted by atomic mass is 10.0. The molecule has 1 aliphatic heterocycles. The van der Waals surface area contributed by atoms with E-state index in [-0.39, 0.29) is 12.5 Å². The Morgan fingerprint density at radius 3 is 2.71 bits per heavy atom. The molecule has 1 atom stereocenters. The Labute approximate surface area is 134 Å². The van der Waals surface area contributed by atoms with Gasteiger partial charge in [-0.25, -0.2) is 0 Å². The van der Waals surface area contributed by atoms with Crippen LogP contribution < -0.4 is 10.1 Å². The molecule has 1 aliphatic rings. The first-order valence-electron chi connectivity index (χ1n) is 6.24. The maximum absolute atomic E-state index is 11.3. The van der Waals surface area contributed by atoms with Crippen molar-refractivity contribution in [3.05, 3.63) is 57.0 Å². The number of halogens is 2. The summed E-state index contributed by atoms with van der Waals surface area (Å²) in [5.74, 6) is 0.395. The topological polar surface area (TPSA) is 58.6 Å². The third-order valence-electron chi connectivity index (χ3n) is 3.21. The zero-order valence-electron chi connectivity index (χ0n) is 10.8. The summed E-state index contributed by atoms with van der Waals surface area (Å²) < 4.78 is 6.01. The second-order valence-corrected chi connectivity index (χ2v) is 5.93. The molecular weight excluding hydrogens is 358 g/mol. The van der Waals surface area contributed by atoms with Crippen LogP contribution in [-0.2, 0) is 4.79 Å². The van der Waals surface area contributed by atoms with Crippen LogP contribution in [0.2, 0.25) is 5.02 Å². The lowest BCUT2D eigenvalue weighted by Gasteiger charge is -2.20. The minimum Gasteiger partial charge on any atom is -0.482 e. The highest BCUT2D eigenvalue weighted by Crippen LogP contribution is 2.34. The first-order valence-corrected chi connectivity index (χ1v) is 7.41. The van der Waals surface area contributed by atoms with Crippen LogP contribution in [0, 0.1) is 0 Å². The van der Waals surface area contributed by atoms with Gasteiger partial charge in [0.1, 0.15) is 11.9 Å². The fourth-order valence-electron chi connectivity index (χ4n) is 2.15. The van der Waals surface area contributed by atoms with Gasteiger partial charge in [0.05, 0.1) is 10.7 Å². The van der Waals surface area contributed by atoms with Gasteiger partial charge < -0.3 is 15.2 Å². The van der Waals surface area contributed by atoms with Crippen LogP contribution in [0.1, 0.15) is 17.2 Å². The molecule has 0 saturated carbocycles. The Hall–Kier alpha value is -1.56. The molecule has 1 heterocycles. The lowest BCUT2D eigenvalue weighted by Crippen LogP contribution is -2.25. The van der Waals surface area contributed by atoms with E-state index in [0.29, 0.717) is 27.6 Å². The van der Waals surface area contributed by atoms with Gasteiger partial charge in [0, 0.05) is 4.47 Å². The maximum atomic E-state index is 11.3. The highest BCUT2D eigenvalue weighted by Gasteiger charge is 2.19. The SMILES string of the molecule is O=C1COc2ccc(C(O)c3ccc(Cl)c(Br)c3)cc2N1. The fraction of sp³-hybridized carbons (Fsp3) is 0.133. The molecule has 108 valence electrons. The molecule has 0 aliphatic carbocycles. The van der Waals surface area contributed by atoms with E-state index in [1.807, 2.05) is 0 Å². The molecule has 21 heavy (non-hydrogen) atoms. The first kappa shape index (κ1) is 14.4. The van der Waals surface area contributed by atoms with E-state index in [4.69, 9.17) is 16.3 Å². The molecule has 2 aromatic rings. The number of fused-ring (bicyclic) bond motifs is 1. The molecule has 4 nitrogen and oxygen atoms in total. The van der Waals surface area contributed by atoms with Crippen molar-refractivity contribution in [3.8, 4) is 5.75 Å². The van der Waals surface area contributed by atoms with Crippen molar-refractivity contribution in [1.29, 1.82) is 0 Å². The average Bonchev–Trinajstić information content (AvgIpc) is 2.48. The van der Waals surface area contributed by atoms with Crippen LogP contribution in [0.5, 0.6) is 5.75 Å². The van der Waals surface area contributed by atoms with Crippen LogP contribution in [0.4, 0.5) is 5.69 Å². The van der Waals surface area contributed by atoms with Gasteiger partial charge >= 0.3 is 0 Å². The van der Waals surface area contributed by atoms with Gasteiger partial charge in [-0.3, -0.25) is 4.79 Å². The second-order valence-electron chi connectivity index (χ2n) is 4.67. The molecule has 0 aromatic heterocycles. The summed E-state index contributed by atoms with van der Waals surface area (Å²) in [7, 11) is 0. The standard InChI is InChI=1S/C15H11BrClNO3/c16-10-5-8(1-3-11(10)17)15(20)9-2-4-13-12(6-9)18-14(19)7-21-13/h1-6,15,20H,7H2,(H,18,19). The van der Waals surface area contributed by atoms with Crippen molar-refractivity contribution in [3.63, 3.8) is 0 Å². The van der Waals surface area contributed by atoms with Gasteiger partial charge in [-0.15, -0.1) is 0 Å². The Balaban J connectivity index is 1.94. The van der Waals surface area contributed by atoms with Crippen molar-refractivity contribution in [2.24, 2.45) is 0 Å². The largest absolute Gasteiger partial charge is 0.482 e. The molecular formula is C15H11BrClNO3. The third kappa shape index (κ3) is 2.90. The molecule has 2 aromatic carbocycles. The Morgan fingerprint density at radius 2 is 1.95 bits per heavy atom. The summed E-state index contributed by atoms with van der Waals surface area (Å²) >= 11 is 9.28. The Morgan fingerprint density at radius 1 is 1.24 bits per heavy atom. The van der Waals surface area contributed by atoms with Crippen molar-refractivity contribution in [2.75, 3.05) is 11.9 Å². The predicted molar refractivity (Wildman–Crippen MR) is 83.8 cm³/mol. The van der Waals surface area contributed by atoms with Crippen LogP contribution in [0.25, 0.3) is 0 Å². The summed E-state index contributed by atoms with van der Waals surface area (Å²) in [6, 6.07) is 10.4. The summed E-state index contributed by atoms with van der Waals surface area (Å²) in [6.07, 6.45) is -0.817. The fourth-order valence-corrected chi connectivity index (χ4v) is 2.66. The number of benzene rings is 2. The van der Waals surface area contributed by atoms with Crippen molar-refractivity contribution < 1.29 is 14.6 Å². The van der Waals surface area contributed by atoms with Gasteiger partial charge in [-0.05, 0) is 51.3 Å².